The van der Waals surface area contributed by atoms with Crippen molar-refractivity contribution < 1.29 is 21.6 Å². The van der Waals surface area contributed by atoms with Gasteiger partial charge in [-0.05, 0) is 78.6 Å². The molecule has 0 unspecified atom stereocenters. The molecule has 334 valence electrons. The summed E-state index contributed by atoms with van der Waals surface area (Å²) >= 11 is 27.3. The Bertz CT molecular complexity index is 2700. The number of thiazole rings is 2. The number of piperazine rings is 2. The van der Waals surface area contributed by atoms with Crippen molar-refractivity contribution in [3.8, 4) is 5.75 Å². The Hall–Kier alpha value is -3.48. The van der Waals surface area contributed by atoms with Gasteiger partial charge >= 0.3 is 0 Å². The fourth-order valence-corrected chi connectivity index (χ4v) is 13.2. The van der Waals surface area contributed by atoms with Gasteiger partial charge in [-0.2, -0.15) is 8.61 Å². The number of nitrogens with zero attached hydrogens (tertiary/aromatic N) is 6. The Labute approximate surface area is 397 Å². The summed E-state index contributed by atoms with van der Waals surface area (Å²) in [5.41, 5.74) is 5.77. The van der Waals surface area contributed by atoms with Crippen LogP contribution in [0.15, 0.2) is 105 Å². The molecule has 0 atom stereocenters. The minimum atomic E-state index is -3.67. The van der Waals surface area contributed by atoms with Crippen LogP contribution in [0, 0.1) is 0 Å². The van der Waals surface area contributed by atoms with Crippen LogP contribution in [0.2, 0.25) is 20.1 Å². The lowest BCUT2D eigenvalue weighted by Gasteiger charge is -2.33. The van der Waals surface area contributed by atoms with Crippen molar-refractivity contribution in [3.05, 3.63) is 144 Å². The number of halogens is 4. The van der Waals surface area contributed by atoms with E-state index in [9.17, 15) is 16.8 Å². The SMILES string of the molecule is CCOc1ccc(Cc2csc(N3CCN(S(=O)(=O)c4ccc(Cl)cc4Cl)CC3)n2)cc1.CCc1ccc(Cc2csc(N3CCN(S(=O)(=O)c4ccc(Cl)cc4Cl)CC3)n2)cc1. The normalized spacial score (nSPS) is 15.3. The fraction of sp³-hybridized carbons (Fsp3) is 0.318. The molecule has 4 heterocycles. The van der Waals surface area contributed by atoms with Crippen LogP contribution in [-0.2, 0) is 39.3 Å². The molecular weight excluding hydrogens is 963 g/mol. The molecular formula is C44H46Cl4N6O5S4. The van der Waals surface area contributed by atoms with E-state index in [-0.39, 0.29) is 19.8 Å². The van der Waals surface area contributed by atoms with Crippen LogP contribution in [-0.4, -0.2) is 94.4 Å². The average molecular weight is 1010 g/mol. The molecule has 2 fully saturated rings. The second-order valence-corrected chi connectivity index (χ2v) is 21.9. The summed E-state index contributed by atoms with van der Waals surface area (Å²) in [6.45, 7) is 8.58. The molecule has 19 heteroatoms. The molecule has 0 radical (unpaired) electrons. The van der Waals surface area contributed by atoms with E-state index in [0.29, 0.717) is 69.0 Å². The van der Waals surface area contributed by atoms with Gasteiger partial charge in [0, 0.05) is 86.0 Å². The van der Waals surface area contributed by atoms with Crippen LogP contribution in [0.3, 0.4) is 0 Å². The van der Waals surface area contributed by atoms with Crippen molar-refractivity contribution in [2.24, 2.45) is 0 Å². The fourth-order valence-electron chi connectivity index (χ4n) is 7.11. The molecule has 0 saturated carbocycles. The maximum absolute atomic E-state index is 13.0. The molecule has 8 rings (SSSR count). The van der Waals surface area contributed by atoms with Crippen LogP contribution < -0.4 is 14.5 Å². The van der Waals surface area contributed by atoms with Gasteiger partial charge in [0.2, 0.25) is 20.0 Å². The summed E-state index contributed by atoms with van der Waals surface area (Å²) in [7, 11) is -7.33. The van der Waals surface area contributed by atoms with E-state index in [4.69, 9.17) is 61.1 Å². The lowest BCUT2D eigenvalue weighted by molar-refractivity contribution is 0.340. The molecule has 11 nitrogen and oxygen atoms in total. The molecule has 6 aromatic rings. The summed E-state index contributed by atoms with van der Waals surface area (Å²) in [6.07, 6.45) is 2.57. The third-order valence-electron chi connectivity index (χ3n) is 10.6. The summed E-state index contributed by atoms with van der Waals surface area (Å²) in [4.78, 5) is 14.0. The minimum Gasteiger partial charge on any atom is -0.494 e. The quantitative estimate of drug-likeness (QED) is 0.112. The van der Waals surface area contributed by atoms with E-state index >= 15 is 0 Å². The Morgan fingerprint density at radius 1 is 0.556 bits per heavy atom. The average Bonchev–Trinajstić information content (AvgIpc) is 3.95. The van der Waals surface area contributed by atoms with Crippen molar-refractivity contribution in [1.29, 1.82) is 0 Å². The standard InChI is InChI=1S/C22H23Cl2N3O3S2.C22H23Cl2N3O2S2/c1-2-30-19-6-3-16(4-7-19)13-18-15-31-22(25-18)26-9-11-27(12-10-26)32(28,29)21-8-5-17(23)14-20(21)24;1-2-16-3-5-17(6-4-16)13-19-15-30-22(25-19)26-9-11-27(12-10-26)31(28,29)21-8-7-18(23)14-20(21)24/h3-8,14-15H,2,9-13H2,1H3;3-8,14-15H,2,9-13H2,1H3. The summed E-state index contributed by atoms with van der Waals surface area (Å²) in [6, 6.07) is 25.6. The highest BCUT2D eigenvalue weighted by Gasteiger charge is 2.32. The first-order valence-electron chi connectivity index (χ1n) is 20.3. The molecule has 2 aliphatic rings. The van der Waals surface area contributed by atoms with E-state index in [1.54, 1.807) is 28.7 Å². The van der Waals surface area contributed by atoms with Crippen molar-refractivity contribution in [2.45, 2.75) is 42.9 Å². The van der Waals surface area contributed by atoms with Gasteiger partial charge in [-0.3, -0.25) is 0 Å². The molecule has 2 saturated heterocycles. The Balaban J connectivity index is 0.000000189. The first kappa shape index (κ1) is 47.5. The van der Waals surface area contributed by atoms with Crippen molar-refractivity contribution >= 4 is 99.4 Å². The van der Waals surface area contributed by atoms with Crippen molar-refractivity contribution in [2.75, 3.05) is 68.8 Å². The number of anilines is 2. The number of rotatable bonds is 13. The number of benzene rings is 4. The minimum absolute atomic E-state index is 0.0870. The maximum Gasteiger partial charge on any atom is 0.244 e. The number of hydrogen-bond acceptors (Lipinski definition) is 11. The molecule has 4 aromatic carbocycles. The highest BCUT2D eigenvalue weighted by atomic mass is 35.5. The van der Waals surface area contributed by atoms with Crippen LogP contribution >= 0.6 is 69.1 Å². The highest BCUT2D eigenvalue weighted by molar-refractivity contribution is 7.89. The zero-order valence-electron chi connectivity index (χ0n) is 34.6. The van der Waals surface area contributed by atoms with Gasteiger partial charge in [-0.15, -0.1) is 22.7 Å². The largest absolute Gasteiger partial charge is 0.494 e. The van der Waals surface area contributed by atoms with Gasteiger partial charge < -0.3 is 14.5 Å². The predicted molar refractivity (Wildman–Crippen MR) is 258 cm³/mol. The Kier molecular flexibility index (Phi) is 16.0. The van der Waals surface area contributed by atoms with Crippen molar-refractivity contribution in [3.63, 3.8) is 0 Å². The maximum atomic E-state index is 13.0. The van der Waals surface area contributed by atoms with E-state index < -0.39 is 20.0 Å². The number of aromatic nitrogens is 2. The molecule has 0 aliphatic carbocycles. The zero-order valence-corrected chi connectivity index (χ0v) is 40.9. The predicted octanol–water partition coefficient (Wildman–Crippen LogP) is 10.1. The Morgan fingerprint density at radius 3 is 1.33 bits per heavy atom. The van der Waals surface area contributed by atoms with Crippen LogP contribution in [0.1, 0.15) is 41.9 Å². The van der Waals surface area contributed by atoms with Crippen molar-refractivity contribution in [1.82, 2.24) is 18.6 Å². The van der Waals surface area contributed by atoms with Gasteiger partial charge in [0.05, 0.1) is 28.0 Å². The second kappa shape index (κ2) is 21.2. The summed E-state index contributed by atoms with van der Waals surface area (Å²) in [5.74, 6) is 0.864. The summed E-state index contributed by atoms with van der Waals surface area (Å²) in [5, 5.41) is 7.08. The third-order valence-corrected chi connectivity index (χ3v) is 17.7. The Morgan fingerprint density at radius 2 is 0.952 bits per heavy atom. The number of sulfonamides is 2. The molecule has 2 aliphatic heterocycles. The monoisotopic (exact) mass is 1010 g/mol. The van der Waals surface area contributed by atoms with Crippen LogP contribution in [0.5, 0.6) is 5.75 Å². The van der Waals surface area contributed by atoms with Crippen LogP contribution in [0.25, 0.3) is 0 Å². The smallest absolute Gasteiger partial charge is 0.244 e. The third kappa shape index (κ3) is 11.9. The second-order valence-electron chi connectivity index (χ2n) is 14.8. The highest BCUT2D eigenvalue weighted by Crippen LogP contribution is 2.32. The summed E-state index contributed by atoms with van der Waals surface area (Å²) < 4.78 is 60.4. The lowest BCUT2D eigenvalue weighted by Crippen LogP contribution is -2.48. The molecule has 0 amide bonds. The molecule has 63 heavy (non-hydrogen) atoms. The number of aryl methyl sites for hydroxylation is 1. The number of ether oxygens (including phenoxy) is 1. The van der Waals surface area contributed by atoms with Gasteiger partial charge in [-0.1, -0.05) is 89.7 Å². The number of hydrogen-bond donors (Lipinski definition) is 0. The van der Waals surface area contributed by atoms with Gasteiger partial charge in [0.25, 0.3) is 0 Å². The first-order chi connectivity index (χ1) is 30.2. The van der Waals surface area contributed by atoms with Gasteiger partial charge in [0.15, 0.2) is 10.3 Å². The van der Waals surface area contributed by atoms with E-state index in [1.165, 1.54) is 55.6 Å². The van der Waals surface area contributed by atoms with Crippen LogP contribution in [0.4, 0.5) is 10.3 Å². The topological polar surface area (TPSA) is 116 Å². The molecule has 2 aromatic heterocycles. The lowest BCUT2D eigenvalue weighted by atomic mass is 10.1. The van der Waals surface area contributed by atoms with E-state index in [1.807, 2.05) is 19.1 Å². The van der Waals surface area contributed by atoms with Gasteiger partial charge in [-0.25, -0.2) is 26.8 Å². The van der Waals surface area contributed by atoms with E-state index in [0.717, 1.165) is 46.7 Å². The zero-order chi connectivity index (χ0) is 44.7. The molecule has 0 bridgehead atoms. The molecule has 0 spiro atoms. The van der Waals surface area contributed by atoms with Gasteiger partial charge in [0.1, 0.15) is 15.5 Å². The first-order valence-corrected chi connectivity index (χ1v) is 26.5. The molecule has 0 N–H and O–H groups in total. The van der Waals surface area contributed by atoms with E-state index in [2.05, 4.69) is 63.9 Å².